The molecule has 2 rings (SSSR count). The minimum atomic E-state index is 0.153. The molecule has 7 heteroatoms. The standard InChI is InChI=1S/C14H21N7/c1-20(2)11-6-4-5-10(7-11)8-21(3)9-12-17-13(15)19-14(16)18-12/h4-7H,8-9H2,1-3H3,(H4,15,16,17,18,19). The lowest BCUT2D eigenvalue weighted by molar-refractivity contribution is 0.310. The quantitative estimate of drug-likeness (QED) is 0.836. The molecule has 0 radical (unpaired) electrons. The van der Waals surface area contributed by atoms with Gasteiger partial charge in [0.15, 0.2) is 0 Å². The maximum Gasteiger partial charge on any atom is 0.225 e. The van der Waals surface area contributed by atoms with E-state index in [1.54, 1.807) is 0 Å². The summed E-state index contributed by atoms with van der Waals surface area (Å²) >= 11 is 0. The number of benzene rings is 1. The molecular formula is C14H21N7. The molecule has 0 unspecified atom stereocenters. The molecule has 1 aromatic carbocycles. The van der Waals surface area contributed by atoms with Gasteiger partial charge in [0.05, 0.1) is 6.54 Å². The molecule has 0 aliphatic rings. The third kappa shape index (κ3) is 4.28. The largest absolute Gasteiger partial charge is 0.378 e. The number of nitrogen functional groups attached to an aromatic ring is 2. The molecule has 1 aromatic heterocycles. The van der Waals surface area contributed by atoms with Crippen molar-refractivity contribution in [2.75, 3.05) is 37.5 Å². The summed E-state index contributed by atoms with van der Waals surface area (Å²) in [6.07, 6.45) is 0. The second-order valence-corrected chi connectivity index (χ2v) is 5.20. The van der Waals surface area contributed by atoms with E-state index in [4.69, 9.17) is 11.5 Å². The van der Waals surface area contributed by atoms with Gasteiger partial charge in [-0.05, 0) is 24.7 Å². The molecule has 0 aliphatic heterocycles. The van der Waals surface area contributed by atoms with Gasteiger partial charge in [0.1, 0.15) is 5.82 Å². The van der Waals surface area contributed by atoms with Crippen molar-refractivity contribution in [2.24, 2.45) is 0 Å². The van der Waals surface area contributed by atoms with E-state index in [0.717, 1.165) is 6.54 Å². The van der Waals surface area contributed by atoms with Crippen LogP contribution in [-0.4, -0.2) is 41.0 Å². The molecule has 1 heterocycles. The van der Waals surface area contributed by atoms with Crippen LogP contribution in [0, 0.1) is 0 Å². The number of nitrogens with zero attached hydrogens (tertiary/aromatic N) is 5. The molecule has 0 saturated heterocycles. The van der Waals surface area contributed by atoms with Gasteiger partial charge in [0, 0.05) is 26.3 Å². The summed E-state index contributed by atoms with van der Waals surface area (Å²) in [6, 6.07) is 8.39. The maximum absolute atomic E-state index is 5.57. The normalized spacial score (nSPS) is 10.9. The van der Waals surface area contributed by atoms with Gasteiger partial charge in [-0.1, -0.05) is 12.1 Å². The fourth-order valence-electron chi connectivity index (χ4n) is 2.07. The van der Waals surface area contributed by atoms with Crippen LogP contribution in [0.5, 0.6) is 0 Å². The van der Waals surface area contributed by atoms with Crippen LogP contribution >= 0.6 is 0 Å². The number of hydrogen-bond donors (Lipinski definition) is 2. The van der Waals surface area contributed by atoms with Gasteiger partial charge in [-0.2, -0.15) is 15.0 Å². The van der Waals surface area contributed by atoms with E-state index in [2.05, 4.69) is 49.0 Å². The Kier molecular flexibility index (Phi) is 4.54. The van der Waals surface area contributed by atoms with E-state index < -0.39 is 0 Å². The molecule has 0 fully saturated rings. The third-order valence-corrected chi connectivity index (χ3v) is 3.01. The number of nitrogens with two attached hydrogens (primary N) is 2. The predicted molar refractivity (Wildman–Crippen MR) is 84.6 cm³/mol. The fraction of sp³-hybridized carbons (Fsp3) is 0.357. The summed E-state index contributed by atoms with van der Waals surface area (Å²) in [7, 11) is 6.05. The molecule has 21 heavy (non-hydrogen) atoms. The van der Waals surface area contributed by atoms with E-state index in [1.807, 2.05) is 21.1 Å². The van der Waals surface area contributed by atoms with Crippen LogP contribution in [0.2, 0.25) is 0 Å². The Labute approximate surface area is 124 Å². The Morgan fingerprint density at radius 2 is 1.62 bits per heavy atom. The second-order valence-electron chi connectivity index (χ2n) is 5.20. The van der Waals surface area contributed by atoms with Crippen molar-refractivity contribution in [2.45, 2.75) is 13.1 Å². The summed E-state index contributed by atoms with van der Waals surface area (Å²) < 4.78 is 0. The lowest BCUT2D eigenvalue weighted by Crippen LogP contribution is -2.20. The van der Waals surface area contributed by atoms with Gasteiger partial charge in [-0.3, -0.25) is 4.90 Å². The maximum atomic E-state index is 5.57. The molecule has 0 saturated carbocycles. The Bertz CT molecular complexity index is 592. The monoisotopic (exact) mass is 287 g/mol. The Morgan fingerprint density at radius 3 is 2.24 bits per heavy atom. The van der Waals surface area contributed by atoms with Gasteiger partial charge in [0.25, 0.3) is 0 Å². The molecule has 0 bridgehead atoms. The van der Waals surface area contributed by atoms with Crippen LogP contribution < -0.4 is 16.4 Å². The highest BCUT2D eigenvalue weighted by molar-refractivity contribution is 5.47. The highest BCUT2D eigenvalue weighted by Crippen LogP contribution is 2.15. The van der Waals surface area contributed by atoms with Gasteiger partial charge in [-0.15, -0.1) is 0 Å². The molecule has 112 valence electrons. The van der Waals surface area contributed by atoms with Crippen LogP contribution in [0.3, 0.4) is 0 Å². The fourth-order valence-corrected chi connectivity index (χ4v) is 2.07. The van der Waals surface area contributed by atoms with Crippen LogP contribution in [0.4, 0.5) is 17.6 Å². The first-order valence-electron chi connectivity index (χ1n) is 6.65. The smallest absolute Gasteiger partial charge is 0.225 e. The Hall–Kier alpha value is -2.41. The highest BCUT2D eigenvalue weighted by atomic mass is 15.2. The minimum Gasteiger partial charge on any atom is -0.378 e. The molecule has 7 nitrogen and oxygen atoms in total. The van der Waals surface area contributed by atoms with Gasteiger partial charge in [0.2, 0.25) is 11.9 Å². The molecule has 0 spiro atoms. The van der Waals surface area contributed by atoms with Crippen molar-refractivity contribution in [1.29, 1.82) is 0 Å². The first-order chi connectivity index (χ1) is 9.94. The predicted octanol–water partition coefficient (Wildman–Crippen LogP) is 0.734. The van der Waals surface area contributed by atoms with Gasteiger partial charge >= 0.3 is 0 Å². The van der Waals surface area contributed by atoms with Crippen LogP contribution in [0.25, 0.3) is 0 Å². The summed E-state index contributed by atoms with van der Waals surface area (Å²) in [5, 5.41) is 0. The summed E-state index contributed by atoms with van der Waals surface area (Å²) in [5.41, 5.74) is 13.5. The second kappa shape index (κ2) is 6.36. The molecule has 0 aliphatic carbocycles. The van der Waals surface area contributed by atoms with Crippen molar-refractivity contribution in [3.63, 3.8) is 0 Å². The average Bonchev–Trinajstić information content (AvgIpc) is 2.37. The molecule has 4 N–H and O–H groups in total. The first-order valence-corrected chi connectivity index (χ1v) is 6.65. The van der Waals surface area contributed by atoms with E-state index >= 15 is 0 Å². The lowest BCUT2D eigenvalue weighted by Gasteiger charge is -2.18. The van der Waals surface area contributed by atoms with E-state index in [0.29, 0.717) is 12.4 Å². The third-order valence-electron chi connectivity index (χ3n) is 3.01. The van der Waals surface area contributed by atoms with Crippen molar-refractivity contribution in [3.05, 3.63) is 35.7 Å². The molecule has 2 aromatic rings. The number of hydrogen-bond acceptors (Lipinski definition) is 7. The number of anilines is 3. The molecule has 0 atom stereocenters. The first kappa shape index (κ1) is 15.0. The molecule has 0 amide bonds. The zero-order valence-corrected chi connectivity index (χ0v) is 12.6. The van der Waals surface area contributed by atoms with Crippen molar-refractivity contribution >= 4 is 17.6 Å². The zero-order chi connectivity index (χ0) is 15.4. The van der Waals surface area contributed by atoms with Crippen molar-refractivity contribution < 1.29 is 0 Å². The minimum absolute atomic E-state index is 0.153. The van der Waals surface area contributed by atoms with E-state index in [9.17, 15) is 0 Å². The summed E-state index contributed by atoms with van der Waals surface area (Å²) in [5.74, 6) is 0.882. The Morgan fingerprint density at radius 1 is 0.952 bits per heavy atom. The van der Waals surface area contributed by atoms with E-state index in [-0.39, 0.29) is 11.9 Å². The van der Waals surface area contributed by atoms with E-state index in [1.165, 1.54) is 11.3 Å². The van der Waals surface area contributed by atoms with Gasteiger partial charge < -0.3 is 16.4 Å². The zero-order valence-electron chi connectivity index (χ0n) is 12.6. The highest BCUT2D eigenvalue weighted by Gasteiger charge is 2.07. The lowest BCUT2D eigenvalue weighted by atomic mass is 10.2. The van der Waals surface area contributed by atoms with Gasteiger partial charge in [-0.25, -0.2) is 0 Å². The summed E-state index contributed by atoms with van der Waals surface area (Å²) in [4.78, 5) is 16.1. The Balaban J connectivity index is 2.04. The van der Waals surface area contributed by atoms with Crippen molar-refractivity contribution in [3.8, 4) is 0 Å². The van der Waals surface area contributed by atoms with Crippen molar-refractivity contribution in [1.82, 2.24) is 19.9 Å². The SMILES string of the molecule is CN(Cc1cccc(N(C)C)c1)Cc1nc(N)nc(N)n1. The number of rotatable bonds is 5. The molecular weight excluding hydrogens is 266 g/mol. The van der Waals surface area contributed by atoms with Crippen LogP contribution in [0.15, 0.2) is 24.3 Å². The average molecular weight is 287 g/mol. The van der Waals surface area contributed by atoms with Crippen LogP contribution in [0.1, 0.15) is 11.4 Å². The topological polar surface area (TPSA) is 97.2 Å². The number of aromatic nitrogens is 3. The van der Waals surface area contributed by atoms with Crippen LogP contribution in [-0.2, 0) is 13.1 Å². The summed E-state index contributed by atoms with van der Waals surface area (Å²) in [6.45, 7) is 1.34.